The first-order valence-electron chi connectivity index (χ1n) is 4.22. The van der Waals surface area contributed by atoms with Crippen molar-refractivity contribution in [2.24, 2.45) is 11.3 Å². The molecule has 0 radical (unpaired) electrons. The normalized spacial score (nSPS) is 39.6. The van der Waals surface area contributed by atoms with Gasteiger partial charge in [-0.1, -0.05) is 27.2 Å². The van der Waals surface area contributed by atoms with Crippen molar-refractivity contribution in [3.05, 3.63) is 0 Å². The third-order valence-corrected chi connectivity index (χ3v) is 2.82. The van der Waals surface area contributed by atoms with Crippen molar-refractivity contribution < 1.29 is 5.11 Å². The van der Waals surface area contributed by atoms with E-state index >= 15 is 0 Å². The zero-order chi connectivity index (χ0) is 7.78. The fourth-order valence-electron chi connectivity index (χ4n) is 1.96. The molecule has 1 saturated carbocycles. The van der Waals surface area contributed by atoms with Gasteiger partial charge in [0.25, 0.3) is 0 Å². The Bertz CT molecular complexity index is 118. The maximum absolute atomic E-state index is 9.71. The molecule has 2 atom stereocenters. The molecule has 0 heterocycles. The fraction of sp³-hybridized carbons (Fsp3) is 1.00. The summed E-state index contributed by atoms with van der Waals surface area (Å²) in [5, 5.41) is 9.71. The van der Waals surface area contributed by atoms with Crippen LogP contribution in [0.2, 0.25) is 0 Å². The largest absolute Gasteiger partial charge is 0.392 e. The summed E-state index contributed by atoms with van der Waals surface area (Å²) >= 11 is 0. The Hall–Kier alpha value is -0.0400. The fourth-order valence-corrected chi connectivity index (χ4v) is 1.96. The highest BCUT2D eigenvalue weighted by Gasteiger charge is 2.34. The van der Waals surface area contributed by atoms with Crippen molar-refractivity contribution in [2.75, 3.05) is 0 Å². The lowest BCUT2D eigenvalue weighted by atomic mass is 9.70. The number of aliphatic hydroxyl groups is 1. The minimum absolute atomic E-state index is 0.0822. The first-order chi connectivity index (χ1) is 4.54. The van der Waals surface area contributed by atoms with Crippen LogP contribution in [-0.2, 0) is 0 Å². The highest BCUT2D eigenvalue weighted by Crippen LogP contribution is 2.38. The zero-order valence-electron chi connectivity index (χ0n) is 7.22. The molecule has 0 spiro atoms. The number of rotatable bonds is 0. The molecule has 10 heavy (non-hydrogen) atoms. The Kier molecular flexibility index (Phi) is 2.04. The summed E-state index contributed by atoms with van der Waals surface area (Å²) in [6, 6.07) is 0. The third-order valence-electron chi connectivity index (χ3n) is 2.82. The van der Waals surface area contributed by atoms with Crippen LogP contribution >= 0.6 is 0 Å². The maximum atomic E-state index is 9.71. The first-order valence-corrected chi connectivity index (χ1v) is 4.22. The highest BCUT2D eigenvalue weighted by molar-refractivity contribution is 4.85. The molecule has 0 unspecified atom stereocenters. The second-order valence-corrected chi connectivity index (χ2v) is 4.30. The molecule has 0 aromatic heterocycles. The van der Waals surface area contributed by atoms with E-state index in [4.69, 9.17) is 0 Å². The van der Waals surface area contributed by atoms with E-state index in [1.165, 1.54) is 19.3 Å². The monoisotopic (exact) mass is 142 g/mol. The van der Waals surface area contributed by atoms with Crippen LogP contribution in [0, 0.1) is 11.3 Å². The van der Waals surface area contributed by atoms with Gasteiger partial charge in [0.05, 0.1) is 6.10 Å². The molecule has 0 aromatic carbocycles. The Balaban J connectivity index is 2.60. The van der Waals surface area contributed by atoms with Crippen molar-refractivity contribution in [3.63, 3.8) is 0 Å². The van der Waals surface area contributed by atoms with Gasteiger partial charge in [-0.2, -0.15) is 0 Å². The minimum atomic E-state index is -0.0822. The van der Waals surface area contributed by atoms with Crippen LogP contribution in [0.25, 0.3) is 0 Å². The van der Waals surface area contributed by atoms with Gasteiger partial charge in [-0.05, 0) is 24.2 Å². The summed E-state index contributed by atoms with van der Waals surface area (Å²) in [6.45, 7) is 6.46. The highest BCUT2D eigenvalue weighted by atomic mass is 16.3. The quantitative estimate of drug-likeness (QED) is 0.549. The van der Waals surface area contributed by atoms with E-state index in [0.29, 0.717) is 5.92 Å². The van der Waals surface area contributed by atoms with Gasteiger partial charge in [-0.15, -0.1) is 0 Å². The standard InChI is InChI=1S/C9H18O/c1-7-5-4-6-9(2,3)8(7)10/h7-8,10H,4-6H2,1-3H3/t7-,8+/m0/s1. The lowest BCUT2D eigenvalue weighted by molar-refractivity contribution is -0.0254. The summed E-state index contributed by atoms with van der Waals surface area (Å²) in [4.78, 5) is 0. The van der Waals surface area contributed by atoms with E-state index in [2.05, 4.69) is 20.8 Å². The third kappa shape index (κ3) is 1.34. The van der Waals surface area contributed by atoms with E-state index in [1.807, 2.05) is 0 Å². The molecule has 0 aliphatic heterocycles. The molecule has 60 valence electrons. The van der Waals surface area contributed by atoms with Gasteiger partial charge < -0.3 is 5.11 Å². The topological polar surface area (TPSA) is 20.2 Å². The van der Waals surface area contributed by atoms with E-state index in [-0.39, 0.29) is 11.5 Å². The number of hydrogen-bond acceptors (Lipinski definition) is 1. The predicted octanol–water partition coefficient (Wildman–Crippen LogP) is 2.19. The van der Waals surface area contributed by atoms with Crippen molar-refractivity contribution in [1.29, 1.82) is 0 Å². The van der Waals surface area contributed by atoms with E-state index in [1.54, 1.807) is 0 Å². The molecule has 1 heteroatoms. The van der Waals surface area contributed by atoms with Crippen molar-refractivity contribution in [3.8, 4) is 0 Å². The van der Waals surface area contributed by atoms with Crippen LogP contribution in [0.5, 0.6) is 0 Å². The maximum Gasteiger partial charge on any atom is 0.0616 e. The molecule has 1 aliphatic carbocycles. The smallest absolute Gasteiger partial charge is 0.0616 e. The number of aliphatic hydroxyl groups excluding tert-OH is 1. The molecule has 0 amide bonds. The molecule has 1 nitrogen and oxygen atoms in total. The minimum Gasteiger partial charge on any atom is -0.392 e. The molecule has 0 bridgehead atoms. The second-order valence-electron chi connectivity index (χ2n) is 4.30. The lowest BCUT2D eigenvalue weighted by Crippen LogP contribution is -2.38. The Morgan fingerprint density at radius 3 is 2.40 bits per heavy atom. The van der Waals surface area contributed by atoms with Crippen LogP contribution in [0.15, 0.2) is 0 Å². The van der Waals surface area contributed by atoms with Crippen LogP contribution in [0.1, 0.15) is 40.0 Å². The van der Waals surface area contributed by atoms with Crippen LogP contribution in [-0.4, -0.2) is 11.2 Å². The van der Waals surface area contributed by atoms with Gasteiger partial charge in [0, 0.05) is 0 Å². The first kappa shape index (κ1) is 8.06. The van der Waals surface area contributed by atoms with Crippen LogP contribution in [0.4, 0.5) is 0 Å². The zero-order valence-corrected chi connectivity index (χ0v) is 7.22. The average Bonchev–Trinajstić information content (AvgIpc) is 1.83. The Morgan fingerprint density at radius 1 is 1.40 bits per heavy atom. The summed E-state index contributed by atoms with van der Waals surface area (Å²) in [5.74, 6) is 0.503. The number of hydrogen-bond donors (Lipinski definition) is 1. The summed E-state index contributed by atoms with van der Waals surface area (Å²) < 4.78 is 0. The van der Waals surface area contributed by atoms with Gasteiger partial charge >= 0.3 is 0 Å². The molecular weight excluding hydrogens is 124 g/mol. The van der Waals surface area contributed by atoms with Crippen molar-refractivity contribution in [2.45, 2.75) is 46.1 Å². The molecule has 1 fully saturated rings. The van der Waals surface area contributed by atoms with E-state index in [9.17, 15) is 5.11 Å². The Labute approximate surface area is 63.4 Å². The molecule has 1 rings (SSSR count). The van der Waals surface area contributed by atoms with Crippen LogP contribution < -0.4 is 0 Å². The van der Waals surface area contributed by atoms with Gasteiger partial charge in [0.1, 0.15) is 0 Å². The van der Waals surface area contributed by atoms with Gasteiger partial charge in [0.2, 0.25) is 0 Å². The van der Waals surface area contributed by atoms with Crippen molar-refractivity contribution >= 4 is 0 Å². The SMILES string of the molecule is C[C@H]1CCCC(C)(C)[C@@H]1O. The van der Waals surface area contributed by atoms with Gasteiger partial charge in [-0.3, -0.25) is 0 Å². The van der Waals surface area contributed by atoms with Crippen molar-refractivity contribution in [1.82, 2.24) is 0 Å². The van der Waals surface area contributed by atoms with Gasteiger partial charge in [-0.25, -0.2) is 0 Å². The summed E-state index contributed by atoms with van der Waals surface area (Å²) in [6.07, 6.45) is 3.58. The molecule has 1 aliphatic rings. The summed E-state index contributed by atoms with van der Waals surface area (Å²) in [7, 11) is 0. The molecular formula is C9H18O. The van der Waals surface area contributed by atoms with E-state index < -0.39 is 0 Å². The molecule has 0 saturated heterocycles. The molecule has 1 N–H and O–H groups in total. The van der Waals surface area contributed by atoms with Crippen LogP contribution in [0.3, 0.4) is 0 Å². The molecule has 0 aromatic rings. The summed E-state index contributed by atoms with van der Waals surface area (Å²) in [5.41, 5.74) is 0.164. The average molecular weight is 142 g/mol. The van der Waals surface area contributed by atoms with Gasteiger partial charge in [0.15, 0.2) is 0 Å². The lowest BCUT2D eigenvalue weighted by Gasteiger charge is -2.39. The Morgan fingerprint density at radius 2 is 2.00 bits per heavy atom. The van der Waals surface area contributed by atoms with E-state index in [0.717, 1.165) is 0 Å². The second kappa shape index (κ2) is 2.54. The predicted molar refractivity (Wildman–Crippen MR) is 42.8 cm³/mol.